The van der Waals surface area contributed by atoms with Gasteiger partial charge < -0.3 is 15.2 Å². The summed E-state index contributed by atoms with van der Waals surface area (Å²) >= 11 is 6.14. The van der Waals surface area contributed by atoms with E-state index in [0.29, 0.717) is 10.7 Å². The molecule has 4 aromatic carbocycles. The highest BCUT2D eigenvalue weighted by atomic mass is 35.5. The minimum atomic E-state index is -2.54. The quantitative estimate of drug-likeness (QED) is 0.256. The van der Waals surface area contributed by atoms with Gasteiger partial charge in [-0.2, -0.15) is 0 Å². The van der Waals surface area contributed by atoms with Crippen molar-refractivity contribution < 1.29 is 24.2 Å². The Morgan fingerprint density at radius 3 is 2.20 bits per heavy atom. The first-order chi connectivity index (χ1) is 21.9. The summed E-state index contributed by atoms with van der Waals surface area (Å²) in [6, 6.07) is 27.8. The molecule has 46 heavy (non-hydrogen) atoms. The molecule has 0 radical (unpaired) electrons. The van der Waals surface area contributed by atoms with E-state index in [4.69, 9.17) is 16.3 Å². The van der Waals surface area contributed by atoms with Crippen LogP contribution in [0.15, 0.2) is 103 Å². The number of ether oxygens (including phenoxy) is 1. The zero-order valence-electron chi connectivity index (χ0n) is 26.1. The molecule has 2 aliphatic rings. The fourth-order valence-corrected chi connectivity index (χ4v) is 6.78. The molecule has 1 spiro atoms. The van der Waals surface area contributed by atoms with Gasteiger partial charge in [-0.05, 0) is 75.2 Å². The van der Waals surface area contributed by atoms with Gasteiger partial charge in [-0.1, -0.05) is 83.9 Å². The van der Waals surface area contributed by atoms with Crippen molar-refractivity contribution in [1.82, 2.24) is 10.6 Å². The molecule has 1 saturated heterocycles. The Labute approximate surface area is 273 Å². The molecule has 236 valence electrons. The van der Waals surface area contributed by atoms with Crippen molar-refractivity contribution in [2.75, 3.05) is 4.90 Å². The predicted molar refractivity (Wildman–Crippen MR) is 177 cm³/mol. The average Bonchev–Trinajstić information content (AvgIpc) is 3.24. The molecule has 2 amide bonds. The smallest absolute Gasteiger partial charge is 0.265 e. The third kappa shape index (κ3) is 5.07. The van der Waals surface area contributed by atoms with Crippen LogP contribution >= 0.6 is 11.6 Å². The minimum absolute atomic E-state index is 0.165. The lowest BCUT2D eigenvalue weighted by atomic mass is 9.60. The van der Waals surface area contributed by atoms with Crippen LogP contribution in [-0.2, 0) is 21.7 Å². The lowest BCUT2D eigenvalue weighted by Crippen LogP contribution is -2.71. The number of Topliss-reactive ketones (excluding diaryl/α,β-unsaturated/α-hetero) is 1. The molecule has 3 N–H and O–H groups in total. The summed E-state index contributed by atoms with van der Waals surface area (Å²) in [4.78, 5) is 46.4. The number of anilines is 1. The summed E-state index contributed by atoms with van der Waals surface area (Å²) in [5.74, 6) is -1.72. The van der Waals surface area contributed by atoms with Crippen molar-refractivity contribution in [3.05, 3.63) is 130 Å². The fraction of sp³-hybridized carbons (Fsp3) is 0.270. The number of nitrogens with zero attached hydrogens (tertiary/aromatic N) is 1. The molecule has 0 aromatic heterocycles. The van der Waals surface area contributed by atoms with Crippen LogP contribution in [0.25, 0.3) is 0 Å². The predicted octanol–water partition coefficient (Wildman–Crippen LogP) is 5.54. The fourth-order valence-electron chi connectivity index (χ4n) is 6.65. The maximum Gasteiger partial charge on any atom is 0.265 e. The van der Waals surface area contributed by atoms with Crippen LogP contribution in [0, 0.1) is 12.3 Å². The Balaban J connectivity index is 1.67. The van der Waals surface area contributed by atoms with Crippen molar-refractivity contribution in [1.29, 1.82) is 0 Å². The number of aliphatic hydroxyl groups is 1. The SMILES string of the molecule is Cc1ccc2c(c1)C(=O)[C@]1([C@@H](NCc3ccc(Cl)cc3)O2)[C@@H](C(=O)NC(C)(C)C)N(c2ccccc2)C(=O)[C@]1(O)c1ccccc1. The van der Waals surface area contributed by atoms with Gasteiger partial charge in [-0.15, -0.1) is 0 Å². The van der Waals surface area contributed by atoms with Crippen LogP contribution in [0.2, 0.25) is 5.02 Å². The number of hydrogen-bond donors (Lipinski definition) is 3. The van der Waals surface area contributed by atoms with E-state index in [1.54, 1.807) is 84.9 Å². The van der Waals surface area contributed by atoms with E-state index >= 15 is 9.59 Å². The first-order valence-corrected chi connectivity index (χ1v) is 15.5. The zero-order chi connectivity index (χ0) is 32.9. The maximum absolute atomic E-state index is 15.4. The molecule has 4 aromatic rings. The molecule has 6 rings (SSSR count). The Bertz CT molecular complexity index is 1790. The Hall–Kier alpha value is -4.50. The zero-order valence-corrected chi connectivity index (χ0v) is 26.8. The Morgan fingerprint density at radius 1 is 0.935 bits per heavy atom. The van der Waals surface area contributed by atoms with Gasteiger partial charge in [0.2, 0.25) is 5.91 Å². The number of amides is 2. The number of nitrogens with one attached hydrogen (secondary N) is 2. The van der Waals surface area contributed by atoms with Crippen LogP contribution in [0.3, 0.4) is 0 Å². The number of hydrogen-bond acceptors (Lipinski definition) is 6. The molecule has 0 saturated carbocycles. The number of benzene rings is 4. The molecule has 0 bridgehead atoms. The molecule has 8 nitrogen and oxygen atoms in total. The lowest BCUT2D eigenvalue weighted by Gasteiger charge is -2.49. The average molecular weight is 638 g/mol. The third-order valence-corrected chi connectivity index (χ3v) is 8.86. The Kier molecular flexibility index (Phi) is 8.01. The highest BCUT2D eigenvalue weighted by Crippen LogP contribution is 2.59. The van der Waals surface area contributed by atoms with E-state index in [9.17, 15) is 9.90 Å². The van der Waals surface area contributed by atoms with Gasteiger partial charge in [-0.3, -0.25) is 24.6 Å². The van der Waals surface area contributed by atoms with Crippen LogP contribution in [0.1, 0.15) is 47.8 Å². The second kappa shape index (κ2) is 11.7. The lowest BCUT2D eigenvalue weighted by molar-refractivity contribution is -0.156. The minimum Gasteiger partial charge on any atom is -0.473 e. The van der Waals surface area contributed by atoms with Gasteiger partial charge in [0, 0.05) is 22.8 Å². The number of ketones is 1. The van der Waals surface area contributed by atoms with Crippen LogP contribution in [0.5, 0.6) is 5.75 Å². The first kappa shape index (κ1) is 31.5. The van der Waals surface area contributed by atoms with Crippen molar-refractivity contribution in [2.24, 2.45) is 5.41 Å². The van der Waals surface area contributed by atoms with E-state index in [2.05, 4.69) is 10.6 Å². The highest BCUT2D eigenvalue weighted by Gasteiger charge is 2.79. The summed E-state index contributed by atoms with van der Waals surface area (Å²) < 4.78 is 6.62. The van der Waals surface area contributed by atoms with Crippen LogP contribution in [0.4, 0.5) is 5.69 Å². The Morgan fingerprint density at radius 2 is 1.57 bits per heavy atom. The van der Waals surface area contributed by atoms with E-state index in [0.717, 1.165) is 11.1 Å². The number of halogens is 1. The molecule has 2 aliphatic heterocycles. The monoisotopic (exact) mass is 637 g/mol. The number of fused-ring (bicyclic) bond motifs is 1. The second-order valence-electron chi connectivity index (χ2n) is 12.9. The molecule has 0 unspecified atom stereocenters. The van der Waals surface area contributed by atoms with Crippen LogP contribution in [-0.4, -0.2) is 40.5 Å². The van der Waals surface area contributed by atoms with Crippen molar-refractivity contribution in [3.63, 3.8) is 0 Å². The van der Waals surface area contributed by atoms with E-state index < -0.39 is 46.4 Å². The van der Waals surface area contributed by atoms with Gasteiger partial charge in [0.05, 0.1) is 5.56 Å². The highest BCUT2D eigenvalue weighted by molar-refractivity contribution is 6.30. The number of para-hydroxylation sites is 1. The largest absolute Gasteiger partial charge is 0.473 e. The molecule has 1 fully saturated rings. The summed E-state index contributed by atoms with van der Waals surface area (Å²) in [5, 5.41) is 20.1. The summed E-state index contributed by atoms with van der Waals surface area (Å²) in [6.45, 7) is 7.47. The van der Waals surface area contributed by atoms with Gasteiger partial charge in [0.1, 0.15) is 11.8 Å². The number of rotatable bonds is 6. The molecule has 9 heteroatoms. The van der Waals surface area contributed by atoms with E-state index in [-0.39, 0.29) is 23.4 Å². The van der Waals surface area contributed by atoms with Gasteiger partial charge in [-0.25, -0.2) is 0 Å². The van der Waals surface area contributed by atoms with Crippen molar-refractivity contribution >= 4 is 34.9 Å². The number of carbonyl (C=O) groups is 3. The van der Waals surface area contributed by atoms with Crippen LogP contribution < -0.4 is 20.3 Å². The van der Waals surface area contributed by atoms with Crippen molar-refractivity contribution in [3.8, 4) is 5.75 Å². The second-order valence-corrected chi connectivity index (χ2v) is 13.4. The number of aryl methyl sites for hydroxylation is 1. The van der Waals surface area contributed by atoms with E-state index in [1.165, 1.54) is 4.90 Å². The molecule has 2 heterocycles. The van der Waals surface area contributed by atoms with E-state index in [1.807, 2.05) is 45.9 Å². The topological polar surface area (TPSA) is 108 Å². The molecular formula is C37H36ClN3O5. The molecular weight excluding hydrogens is 602 g/mol. The van der Waals surface area contributed by atoms with Gasteiger partial charge in [0.25, 0.3) is 5.91 Å². The first-order valence-electron chi connectivity index (χ1n) is 15.2. The molecule has 0 aliphatic carbocycles. The summed E-state index contributed by atoms with van der Waals surface area (Å²) in [7, 11) is 0. The maximum atomic E-state index is 15.4. The summed E-state index contributed by atoms with van der Waals surface area (Å²) in [5.41, 5.74) is -3.20. The van der Waals surface area contributed by atoms with Gasteiger partial charge >= 0.3 is 0 Å². The standard InChI is InChI=1S/C37H36ClN3O5/c1-23-15-20-29-28(21-23)31(42)36(33(46-29)39-22-24-16-18-26(38)19-17-24)30(32(43)40-35(2,3)4)41(27-13-9-6-10-14-27)34(44)37(36,45)25-11-7-5-8-12-25/h5-21,30,33,39,45H,22H2,1-4H3,(H,40,43)/t30-,33+,36+,37-/m1/s1. The third-order valence-electron chi connectivity index (χ3n) is 8.61. The van der Waals surface area contributed by atoms with Crippen molar-refractivity contribution in [2.45, 2.75) is 57.6 Å². The summed E-state index contributed by atoms with van der Waals surface area (Å²) in [6.07, 6.45) is -1.34. The van der Waals surface area contributed by atoms with Gasteiger partial charge in [0.15, 0.2) is 23.0 Å². The number of carbonyl (C=O) groups excluding carboxylic acids is 3. The normalized spacial score (nSPS) is 24.1. The molecule has 4 atom stereocenters.